The zero-order chi connectivity index (χ0) is 19.7. The highest BCUT2D eigenvalue weighted by Crippen LogP contribution is 2.08. The van der Waals surface area contributed by atoms with Gasteiger partial charge in [0.1, 0.15) is 6.61 Å². The standard InChI is InChI=1S/C21H32O6/c1-2-3-13-26-19(16-18-9-5-4-6-10-18)17-25-14-15-27-21(24)12-8-7-11-20(22)23/h4-6,9-10,19H,2-3,7-8,11-17H2,1H3,(H,22,23). The van der Waals surface area contributed by atoms with Crippen molar-refractivity contribution in [2.24, 2.45) is 0 Å². The average Bonchev–Trinajstić information content (AvgIpc) is 2.65. The van der Waals surface area contributed by atoms with Gasteiger partial charge in [-0.25, -0.2) is 0 Å². The lowest BCUT2D eigenvalue weighted by molar-refractivity contribution is -0.146. The van der Waals surface area contributed by atoms with Gasteiger partial charge in [-0.2, -0.15) is 0 Å². The maximum absolute atomic E-state index is 11.6. The predicted molar refractivity (Wildman–Crippen MR) is 103 cm³/mol. The van der Waals surface area contributed by atoms with Crippen molar-refractivity contribution < 1.29 is 28.9 Å². The van der Waals surface area contributed by atoms with Gasteiger partial charge in [0.25, 0.3) is 0 Å². The van der Waals surface area contributed by atoms with Gasteiger partial charge >= 0.3 is 11.9 Å². The lowest BCUT2D eigenvalue weighted by Crippen LogP contribution is -2.24. The molecule has 152 valence electrons. The fourth-order valence-electron chi connectivity index (χ4n) is 2.48. The largest absolute Gasteiger partial charge is 0.481 e. The van der Waals surface area contributed by atoms with E-state index in [1.54, 1.807) is 0 Å². The molecular weight excluding hydrogens is 348 g/mol. The van der Waals surface area contributed by atoms with E-state index in [1.165, 1.54) is 5.56 Å². The second-order valence-electron chi connectivity index (χ2n) is 6.43. The van der Waals surface area contributed by atoms with Crippen LogP contribution in [0.4, 0.5) is 0 Å². The zero-order valence-corrected chi connectivity index (χ0v) is 16.2. The van der Waals surface area contributed by atoms with Crippen LogP contribution in [0.3, 0.4) is 0 Å². The number of carbonyl (C=O) groups excluding carboxylic acids is 1. The van der Waals surface area contributed by atoms with Gasteiger partial charge in [0, 0.05) is 25.9 Å². The summed E-state index contributed by atoms with van der Waals surface area (Å²) in [5.41, 5.74) is 1.20. The van der Waals surface area contributed by atoms with Gasteiger partial charge < -0.3 is 19.3 Å². The summed E-state index contributed by atoms with van der Waals surface area (Å²) in [6, 6.07) is 10.2. The molecule has 0 aromatic heterocycles. The van der Waals surface area contributed by atoms with Crippen molar-refractivity contribution in [1.29, 1.82) is 0 Å². The highest BCUT2D eigenvalue weighted by molar-refractivity contribution is 5.69. The van der Waals surface area contributed by atoms with Gasteiger partial charge in [-0.3, -0.25) is 9.59 Å². The number of hydrogen-bond donors (Lipinski definition) is 1. The summed E-state index contributed by atoms with van der Waals surface area (Å²) in [7, 11) is 0. The molecule has 1 aromatic carbocycles. The quantitative estimate of drug-likeness (QED) is 0.348. The van der Waals surface area contributed by atoms with Crippen LogP contribution in [0.15, 0.2) is 30.3 Å². The van der Waals surface area contributed by atoms with Crippen LogP contribution in [-0.2, 0) is 30.2 Å². The van der Waals surface area contributed by atoms with E-state index >= 15 is 0 Å². The van der Waals surface area contributed by atoms with E-state index < -0.39 is 5.97 Å². The second kappa shape index (κ2) is 15.2. The summed E-state index contributed by atoms with van der Waals surface area (Å²) in [4.78, 5) is 21.9. The third-order valence-electron chi connectivity index (χ3n) is 3.97. The Morgan fingerprint density at radius 1 is 1.00 bits per heavy atom. The number of unbranched alkanes of at least 4 members (excludes halogenated alkanes) is 2. The Hall–Kier alpha value is -1.92. The van der Waals surface area contributed by atoms with Crippen LogP contribution in [0.1, 0.15) is 51.0 Å². The van der Waals surface area contributed by atoms with Crippen LogP contribution < -0.4 is 0 Å². The number of carbonyl (C=O) groups is 2. The Labute approximate surface area is 161 Å². The molecule has 0 heterocycles. The Morgan fingerprint density at radius 3 is 2.44 bits per heavy atom. The van der Waals surface area contributed by atoms with E-state index in [0.717, 1.165) is 19.3 Å². The van der Waals surface area contributed by atoms with Crippen LogP contribution in [0, 0.1) is 0 Å². The third-order valence-corrected chi connectivity index (χ3v) is 3.97. The number of rotatable bonds is 16. The van der Waals surface area contributed by atoms with Gasteiger partial charge in [0.2, 0.25) is 0 Å². The van der Waals surface area contributed by atoms with E-state index in [2.05, 4.69) is 19.1 Å². The number of carboxylic acids is 1. The molecule has 0 spiro atoms. The molecule has 1 aromatic rings. The molecule has 0 amide bonds. The third kappa shape index (κ3) is 13.0. The lowest BCUT2D eigenvalue weighted by atomic mass is 10.1. The van der Waals surface area contributed by atoms with Crippen LogP contribution in [-0.4, -0.2) is 49.6 Å². The van der Waals surface area contributed by atoms with E-state index in [4.69, 9.17) is 19.3 Å². The Bertz CT molecular complexity index is 517. The first kappa shape index (κ1) is 23.1. The van der Waals surface area contributed by atoms with Crippen LogP contribution in [0.2, 0.25) is 0 Å². The zero-order valence-electron chi connectivity index (χ0n) is 16.2. The molecule has 1 atom stereocenters. The normalized spacial score (nSPS) is 11.9. The topological polar surface area (TPSA) is 82.1 Å². The van der Waals surface area contributed by atoms with Crippen molar-refractivity contribution in [1.82, 2.24) is 0 Å². The van der Waals surface area contributed by atoms with Crippen molar-refractivity contribution in [2.75, 3.05) is 26.4 Å². The molecule has 27 heavy (non-hydrogen) atoms. The Morgan fingerprint density at radius 2 is 1.74 bits per heavy atom. The first-order valence-corrected chi connectivity index (χ1v) is 9.72. The van der Waals surface area contributed by atoms with Gasteiger partial charge in [-0.1, -0.05) is 43.7 Å². The molecular formula is C21H32O6. The number of carboxylic acid groups (broad SMARTS) is 1. The van der Waals surface area contributed by atoms with Crippen molar-refractivity contribution in [3.05, 3.63) is 35.9 Å². The summed E-state index contributed by atoms with van der Waals surface area (Å²) in [5, 5.41) is 8.54. The monoisotopic (exact) mass is 380 g/mol. The SMILES string of the molecule is CCCCOC(COCCOC(=O)CCCCC(=O)O)Cc1ccccc1. The molecule has 1 rings (SSSR count). The molecule has 0 fully saturated rings. The lowest BCUT2D eigenvalue weighted by Gasteiger charge is -2.18. The van der Waals surface area contributed by atoms with Gasteiger partial charge in [0.15, 0.2) is 0 Å². The molecule has 0 saturated carbocycles. The summed E-state index contributed by atoms with van der Waals surface area (Å²) < 4.78 is 16.6. The number of esters is 1. The molecule has 0 aliphatic heterocycles. The minimum atomic E-state index is -0.844. The molecule has 1 unspecified atom stereocenters. The number of aliphatic carboxylic acids is 1. The van der Waals surface area contributed by atoms with Crippen LogP contribution >= 0.6 is 0 Å². The summed E-state index contributed by atoms with van der Waals surface area (Å²) in [6.07, 6.45) is 4.19. The van der Waals surface area contributed by atoms with Crippen molar-refractivity contribution in [2.45, 2.75) is 58.0 Å². The average molecular weight is 380 g/mol. The first-order valence-electron chi connectivity index (χ1n) is 9.72. The van der Waals surface area contributed by atoms with Crippen molar-refractivity contribution >= 4 is 11.9 Å². The summed E-state index contributed by atoms with van der Waals surface area (Å²) >= 11 is 0. The fraction of sp³-hybridized carbons (Fsp3) is 0.619. The number of ether oxygens (including phenoxy) is 3. The molecule has 0 aliphatic carbocycles. The van der Waals surface area contributed by atoms with Gasteiger partial charge in [-0.15, -0.1) is 0 Å². The molecule has 1 N–H and O–H groups in total. The van der Waals surface area contributed by atoms with E-state index in [9.17, 15) is 9.59 Å². The van der Waals surface area contributed by atoms with Gasteiger partial charge in [0.05, 0.1) is 19.3 Å². The minimum absolute atomic E-state index is 0.0225. The number of benzene rings is 1. The van der Waals surface area contributed by atoms with Gasteiger partial charge in [-0.05, 0) is 24.8 Å². The summed E-state index contributed by atoms with van der Waals surface area (Å²) in [5.74, 6) is -1.16. The second-order valence-corrected chi connectivity index (χ2v) is 6.43. The van der Waals surface area contributed by atoms with E-state index in [1.807, 2.05) is 18.2 Å². The van der Waals surface area contributed by atoms with Crippen LogP contribution in [0.5, 0.6) is 0 Å². The van der Waals surface area contributed by atoms with Crippen molar-refractivity contribution in [3.8, 4) is 0 Å². The molecule has 0 radical (unpaired) electrons. The Balaban J connectivity index is 2.18. The first-order chi connectivity index (χ1) is 13.1. The highest BCUT2D eigenvalue weighted by Gasteiger charge is 2.11. The Kier molecular flexibility index (Phi) is 13.0. The fourth-order valence-corrected chi connectivity index (χ4v) is 2.48. The predicted octanol–water partition coefficient (Wildman–Crippen LogP) is 3.62. The van der Waals surface area contributed by atoms with Crippen LogP contribution in [0.25, 0.3) is 0 Å². The molecule has 6 heteroatoms. The van der Waals surface area contributed by atoms with Crippen molar-refractivity contribution in [3.63, 3.8) is 0 Å². The van der Waals surface area contributed by atoms with E-state index in [-0.39, 0.29) is 31.5 Å². The maximum Gasteiger partial charge on any atom is 0.305 e. The highest BCUT2D eigenvalue weighted by atomic mass is 16.6. The molecule has 6 nitrogen and oxygen atoms in total. The molecule has 0 aliphatic rings. The molecule has 0 bridgehead atoms. The summed E-state index contributed by atoms with van der Waals surface area (Å²) in [6.45, 7) is 3.81. The number of hydrogen-bond acceptors (Lipinski definition) is 5. The maximum atomic E-state index is 11.6. The smallest absolute Gasteiger partial charge is 0.305 e. The minimum Gasteiger partial charge on any atom is -0.481 e. The molecule has 0 saturated heterocycles. The van der Waals surface area contributed by atoms with E-state index in [0.29, 0.717) is 32.7 Å².